The molecule has 20 heavy (non-hydrogen) atoms. The van der Waals surface area contributed by atoms with Gasteiger partial charge in [0.05, 0.1) is 14.2 Å². The normalized spacial score (nSPS) is 12.1. The van der Waals surface area contributed by atoms with Gasteiger partial charge in [0.1, 0.15) is 23.4 Å². The molecule has 0 fully saturated rings. The summed E-state index contributed by atoms with van der Waals surface area (Å²) < 4.78 is 23.7. The van der Waals surface area contributed by atoms with Crippen molar-refractivity contribution in [1.82, 2.24) is 0 Å². The lowest BCUT2D eigenvalue weighted by atomic mass is 9.99. The van der Waals surface area contributed by atoms with E-state index in [-0.39, 0.29) is 5.82 Å². The van der Waals surface area contributed by atoms with Crippen LogP contribution in [0.2, 0.25) is 0 Å². The number of aliphatic hydroxyl groups excluding tert-OH is 1. The van der Waals surface area contributed by atoms with Gasteiger partial charge in [0.2, 0.25) is 0 Å². The maximum absolute atomic E-state index is 13.3. The summed E-state index contributed by atoms with van der Waals surface area (Å²) in [4.78, 5) is 0. The van der Waals surface area contributed by atoms with Crippen LogP contribution in [0, 0.1) is 12.7 Å². The Balaban J connectivity index is 2.41. The number of rotatable bonds is 4. The topological polar surface area (TPSA) is 38.7 Å². The van der Waals surface area contributed by atoms with Crippen molar-refractivity contribution < 1.29 is 19.0 Å². The molecule has 0 heterocycles. The van der Waals surface area contributed by atoms with Gasteiger partial charge in [-0.15, -0.1) is 0 Å². The van der Waals surface area contributed by atoms with Crippen molar-refractivity contribution in [2.75, 3.05) is 14.2 Å². The molecule has 2 aromatic rings. The van der Waals surface area contributed by atoms with Gasteiger partial charge in [0.15, 0.2) is 0 Å². The molecule has 0 aliphatic carbocycles. The Kier molecular flexibility index (Phi) is 4.25. The lowest BCUT2D eigenvalue weighted by Gasteiger charge is -2.16. The van der Waals surface area contributed by atoms with Crippen LogP contribution in [0.5, 0.6) is 11.5 Å². The van der Waals surface area contributed by atoms with Crippen LogP contribution in [-0.4, -0.2) is 19.3 Å². The van der Waals surface area contributed by atoms with Crippen molar-refractivity contribution in [3.05, 3.63) is 58.9 Å². The largest absolute Gasteiger partial charge is 0.497 e. The molecule has 0 spiro atoms. The Labute approximate surface area is 117 Å². The summed E-state index contributed by atoms with van der Waals surface area (Å²) in [7, 11) is 3.09. The Bertz CT molecular complexity index is 611. The minimum atomic E-state index is -0.879. The van der Waals surface area contributed by atoms with E-state index in [1.807, 2.05) is 0 Å². The first-order valence-corrected chi connectivity index (χ1v) is 6.23. The molecule has 2 aromatic carbocycles. The molecule has 0 saturated carbocycles. The first kappa shape index (κ1) is 14.3. The van der Waals surface area contributed by atoms with Crippen molar-refractivity contribution in [1.29, 1.82) is 0 Å². The molecule has 4 heteroatoms. The smallest absolute Gasteiger partial charge is 0.128 e. The van der Waals surface area contributed by atoms with Gasteiger partial charge in [-0.05, 0) is 36.2 Å². The van der Waals surface area contributed by atoms with Gasteiger partial charge >= 0.3 is 0 Å². The molecule has 0 aliphatic heterocycles. The van der Waals surface area contributed by atoms with Crippen molar-refractivity contribution in [2.45, 2.75) is 13.0 Å². The van der Waals surface area contributed by atoms with E-state index in [0.29, 0.717) is 28.2 Å². The van der Waals surface area contributed by atoms with Gasteiger partial charge in [-0.2, -0.15) is 0 Å². The quantitative estimate of drug-likeness (QED) is 0.931. The standard InChI is InChI=1S/C16H17FO3/c1-10-8-11(4-7-14(10)17)16(18)13-6-5-12(19-2)9-15(13)20-3/h4-9,16,18H,1-3H3. The lowest BCUT2D eigenvalue weighted by molar-refractivity contribution is 0.214. The number of methoxy groups -OCH3 is 2. The van der Waals surface area contributed by atoms with Crippen LogP contribution in [0.15, 0.2) is 36.4 Å². The van der Waals surface area contributed by atoms with Gasteiger partial charge in [-0.1, -0.05) is 12.1 Å². The summed E-state index contributed by atoms with van der Waals surface area (Å²) >= 11 is 0. The molecular weight excluding hydrogens is 259 g/mol. The molecule has 1 unspecified atom stereocenters. The predicted molar refractivity (Wildman–Crippen MR) is 74.7 cm³/mol. The Hall–Kier alpha value is -2.07. The molecule has 0 saturated heterocycles. The molecule has 2 rings (SSSR count). The van der Waals surface area contributed by atoms with Crippen LogP contribution in [0.3, 0.4) is 0 Å². The van der Waals surface area contributed by atoms with Crippen molar-refractivity contribution in [3.8, 4) is 11.5 Å². The zero-order chi connectivity index (χ0) is 14.7. The Morgan fingerprint density at radius 3 is 2.40 bits per heavy atom. The van der Waals surface area contributed by atoms with Gasteiger partial charge < -0.3 is 14.6 Å². The predicted octanol–water partition coefficient (Wildman–Crippen LogP) is 3.23. The molecule has 0 radical (unpaired) electrons. The van der Waals surface area contributed by atoms with E-state index in [1.54, 1.807) is 44.4 Å². The average Bonchev–Trinajstić information content (AvgIpc) is 2.48. The van der Waals surface area contributed by atoms with Crippen molar-refractivity contribution in [2.24, 2.45) is 0 Å². The summed E-state index contributed by atoms with van der Waals surface area (Å²) in [6.45, 7) is 1.66. The van der Waals surface area contributed by atoms with Crippen LogP contribution in [0.4, 0.5) is 4.39 Å². The van der Waals surface area contributed by atoms with Crippen LogP contribution in [0.25, 0.3) is 0 Å². The van der Waals surface area contributed by atoms with E-state index in [0.717, 1.165) is 0 Å². The van der Waals surface area contributed by atoms with E-state index >= 15 is 0 Å². The second kappa shape index (κ2) is 5.92. The molecule has 3 nitrogen and oxygen atoms in total. The second-order valence-corrected chi connectivity index (χ2v) is 4.52. The van der Waals surface area contributed by atoms with Crippen LogP contribution in [0.1, 0.15) is 22.8 Å². The highest BCUT2D eigenvalue weighted by molar-refractivity contribution is 5.45. The van der Waals surface area contributed by atoms with Crippen LogP contribution < -0.4 is 9.47 Å². The van der Waals surface area contributed by atoms with Gasteiger partial charge in [0, 0.05) is 11.6 Å². The minimum absolute atomic E-state index is 0.289. The maximum atomic E-state index is 13.3. The van der Waals surface area contributed by atoms with E-state index in [4.69, 9.17) is 9.47 Å². The number of hydrogen-bond acceptors (Lipinski definition) is 3. The fourth-order valence-corrected chi connectivity index (χ4v) is 2.06. The molecule has 0 bridgehead atoms. The third-order valence-corrected chi connectivity index (χ3v) is 3.23. The molecule has 106 valence electrons. The molecule has 1 N–H and O–H groups in total. The number of hydrogen-bond donors (Lipinski definition) is 1. The third kappa shape index (κ3) is 2.75. The first-order valence-electron chi connectivity index (χ1n) is 6.23. The number of aryl methyl sites for hydroxylation is 1. The molecule has 0 aromatic heterocycles. The van der Waals surface area contributed by atoms with E-state index in [9.17, 15) is 9.50 Å². The summed E-state index contributed by atoms with van der Waals surface area (Å²) in [5.74, 6) is 0.884. The van der Waals surface area contributed by atoms with Gasteiger partial charge in [-0.25, -0.2) is 4.39 Å². The highest BCUT2D eigenvalue weighted by atomic mass is 19.1. The highest BCUT2D eigenvalue weighted by Gasteiger charge is 2.17. The van der Waals surface area contributed by atoms with Crippen molar-refractivity contribution >= 4 is 0 Å². The maximum Gasteiger partial charge on any atom is 0.128 e. The van der Waals surface area contributed by atoms with E-state index in [1.165, 1.54) is 13.2 Å². The second-order valence-electron chi connectivity index (χ2n) is 4.52. The van der Waals surface area contributed by atoms with Gasteiger partial charge in [-0.3, -0.25) is 0 Å². The van der Waals surface area contributed by atoms with Crippen molar-refractivity contribution in [3.63, 3.8) is 0 Å². The SMILES string of the molecule is COc1ccc(C(O)c2ccc(F)c(C)c2)c(OC)c1. The first-order chi connectivity index (χ1) is 9.56. The third-order valence-electron chi connectivity index (χ3n) is 3.23. The summed E-state index contributed by atoms with van der Waals surface area (Å²) in [6, 6.07) is 9.73. The Morgan fingerprint density at radius 2 is 1.80 bits per heavy atom. The van der Waals surface area contributed by atoms with E-state index in [2.05, 4.69) is 0 Å². The molecule has 0 aliphatic rings. The number of halogens is 1. The lowest BCUT2D eigenvalue weighted by Crippen LogP contribution is -2.03. The molecule has 0 amide bonds. The van der Waals surface area contributed by atoms with Gasteiger partial charge in [0.25, 0.3) is 0 Å². The van der Waals surface area contributed by atoms with E-state index < -0.39 is 6.10 Å². The zero-order valence-electron chi connectivity index (χ0n) is 11.7. The minimum Gasteiger partial charge on any atom is -0.497 e. The molecule has 1 atom stereocenters. The summed E-state index contributed by atoms with van der Waals surface area (Å²) in [5.41, 5.74) is 1.72. The fourth-order valence-electron chi connectivity index (χ4n) is 2.06. The Morgan fingerprint density at radius 1 is 1.05 bits per heavy atom. The monoisotopic (exact) mass is 276 g/mol. The summed E-state index contributed by atoms with van der Waals surface area (Å²) in [6.07, 6.45) is -0.879. The fraction of sp³-hybridized carbons (Fsp3) is 0.250. The average molecular weight is 276 g/mol. The molecular formula is C16H17FO3. The van der Waals surface area contributed by atoms with Crippen LogP contribution in [-0.2, 0) is 0 Å². The van der Waals surface area contributed by atoms with Crippen LogP contribution >= 0.6 is 0 Å². The highest BCUT2D eigenvalue weighted by Crippen LogP contribution is 2.33. The number of ether oxygens (including phenoxy) is 2. The number of aliphatic hydroxyl groups is 1. The number of benzene rings is 2. The zero-order valence-corrected chi connectivity index (χ0v) is 11.7. The summed E-state index contributed by atoms with van der Waals surface area (Å²) in [5, 5.41) is 10.4.